The molecular weight excluding hydrogens is 104 g/mol. The van der Waals surface area contributed by atoms with Crippen molar-refractivity contribution in [2.75, 3.05) is 13.7 Å². The summed E-state index contributed by atoms with van der Waals surface area (Å²) in [4.78, 5) is 15.4. The Morgan fingerprint density at radius 2 is 2.38 bits per heavy atom. The highest BCUT2D eigenvalue weighted by Gasteiger charge is 1.95. The zero-order valence-electron chi connectivity index (χ0n) is 5.22. The molecule has 1 amide bonds. The van der Waals surface area contributed by atoms with Crippen LogP contribution in [0.1, 0.15) is 6.92 Å². The van der Waals surface area contributed by atoms with Gasteiger partial charge in [0, 0.05) is 14.0 Å². The number of rotatable bonds is 2. The van der Waals surface area contributed by atoms with Crippen LogP contribution in [0.2, 0.25) is 0 Å². The second kappa shape index (κ2) is 3.18. The third-order valence-electron chi connectivity index (χ3n) is 0.850. The van der Waals surface area contributed by atoms with Crippen LogP contribution in [-0.2, 0) is 4.79 Å². The van der Waals surface area contributed by atoms with E-state index >= 15 is 0 Å². The van der Waals surface area contributed by atoms with E-state index in [1.54, 1.807) is 7.05 Å². The van der Waals surface area contributed by atoms with Crippen LogP contribution in [0.15, 0.2) is 4.99 Å². The lowest BCUT2D eigenvalue weighted by atomic mass is 10.6. The number of hydrogen-bond acceptors (Lipinski definition) is 2. The first-order chi connectivity index (χ1) is 3.68. The smallest absolute Gasteiger partial charge is 0.220 e. The van der Waals surface area contributed by atoms with Gasteiger partial charge < -0.3 is 4.90 Å². The summed E-state index contributed by atoms with van der Waals surface area (Å²) in [5.41, 5.74) is 0. The minimum atomic E-state index is 0.0115. The van der Waals surface area contributed by atoms with Crippen molar-refractivity contribution >= 4 is 12.6 Å². The summed E-state index contributed by atoms with van der Waals surface area (Å²) in [6.45, 7) is 5.11. The molecule has 46 valence electrons. The minimum absolute atomic E-state index is 0.0115. The molecule has 0 radical (unpaired) electrons. The van der Waals surface area contributed by atoms with E-state index < -0.39 is 0 Å². The molecule has 0 N–H and O–H groups in total. The van der Waals surface area contributed by atoms with Gasteiger partial charge in [-0.25, -0.2) is 0 Å². The number of hydrogen-bond donors (Lipinski definition) is 0. The normalized spacial score (nSPS) is 8.25. The molecule has 8 heavy (non-hydrogen) atoms. The molecule has 0 aliphatic rings. The maximum Gasteiger partial charge on any atom is 0.220 e. The third-order valence-corrected chi connectivity index (χ3v) is 0.850. The van der Waals surface area contributed by atoms with E-state index in [2.05, 4.69) is 11.7 Å². The summed E-state index contributed by atoms with van der Waals surface area (Å²) in [6, 6.07) is 0. The van der Waals surface area contributed by atoms with Gasteiger partial charge in [0.1, 0.15) is 6.67 Å². The predicted molar refractivity (Wildman–Crippen MR) is 32.9 cm³/mol. The Morgan fingerprint density at radius 1 is 1.88 bits per heavy atom. The second-order valence-corrected chi connectivity index (χ2v) is 1.58. The van der Waals surface area contributed by atoms with E-state index in [9.17, 15) is 4.79 Å². The fraction of sp³-hybridized carbons (Fsp3) is 0.600. The first-order valence-electron chi connectivity index (χ1n) is 2.32. The van der Waals surface area contributed by atoms with Crippen molar-refractivity contribution in [1.82, 2.24) is 4.90 Å². The van der Waals surface area contributed by atoms with Crippen molar-refractivity contribution in [1.29, 1.82) is 0 Å². The van der Waals surface area contributed by atoms with Gasteiger partial charge in [0.25, 0.3) is 0 Å². The average Bonchev–Trinajstić information content (AvgIpc) is 1.67. The molecule has 0 heterocycles. The molecule has 0 aliphatic heterocycles. The number of carbonyl (C=O) groups is 1. The molecule has 3 nitrogen and oxygen atoms in total. The standard InChI is InChI=1S/C5H10N2O/c1-5(8)7(3)4-6-2/h2,4H2,1,3H3. The Kier molecular flexibility index (Phi) is 2.84. The molecule has 0 fully saturated rings. The molecule has 0 saturated heterocycles. The van der Waals surface area contributed by atoms with Crippen LogP contribution >= 0.6 is 0 Å². The van der Waals surface area contributed by atoms with Crippen LogP contribution in [0.25, 0.3) is 0 Å². The van der Waals surface area contributed by atoms with Gasteiger partial charge >= 0.3 is 0 Å². The Labute approximate surface area is 49.0 Å². The number of carbonyl (C=O) groups excluding carboxylic acids is 1. The van der Waals surface area contributed by atoms with Crippen LogP contribution in [0.5, 0.6) is 0 Å². The van der Waals surface area contributed by atoms with Crippen molar-refractivity contribution in [3.8, 4) is 0 Å². The van der Waals surface area contributed by atoms with E-state index in [1.165, 1.54) is 11.8 Å². The monoisotopic (exact) mass is 114 g/mol. The van der Waals surface area contributed by atoms with Gasteiger partial charge in [-0.3, -0.25) is 9.79 Å². The molecule has 0 aliphatic carbocycles. The van der Waals surface area contributed by atoms with Gasteiger partial charge in [0.2, 0.25) is 5.91 Å². The maximum absolute atomic E-state index is 10.4. The van der Waals surface area contributed by atoms with E-state index in [-0.39, 0.29) is 5.91 Å². The third kappa shape index (κ3) is 2.34. The molecule has 0 saturated carbocycles. The zero-order valence-corrected chi connectivity index (χ0v) is 5.22. The topological polar surface area (TPSA) is 32.7 Å². The van der Waals surface area contributed by atoms with Gasteiger partial charge in [-0.1, -0.05) is 0 Å². The summed E-state index contributed by atoms with van der Waals surface area (Å²) in [7, 11) is 1.68. The first-order valence-corrected chi connectivity index (χ1v) is 2.32. The fourth-order valence-corrected chi connectivity index (χ4v) is 0.250. The summed E-state index contributed by atoms with van der Waals surface area (Å²) < 4.78 is 0. The Bertz CT molecular complexity index is 101. The van der Waals surface area contributed by atoms with Crippen molar-refractivity contribution in [2.45, 2.75) is 6.92 Å². The molecule has 0 atom stereocenters. The summed E-state index contributed by atoms with van der Waals surface area (Å²) in [5.74, 6) is 0.0115. The highest BCUT2D eigenvalue weighted by Crippen LogP contribution is 1.80. The lowest BCUT2D eigenvalue weighted by Gasteiger charge is -2.09. The molecular formula is C5H10N2O. The molecule has 0 aromatic heterocycles. The van der Waals surface area contributed by atoms with Gasteiger partial charge in [0.15, 0.2) is 0 Å². The van der Waals surface area contributed by atoms with Crippen molar-refractivity contribution in [3.05, 3.63) is 0 Å². The summed E-state index contributed by atoms with van der Waals surface area (Å²) in [5, 5.41) is 0. The molecule has 3 heteroatoms. The predicted octanol–water partition coefficient (Wildman–Crippen LogP) is 0.123. The summed E-state index contributed by atoms with van der Waals surface area (Å²) >= 11 is 0. The SMILES string of the molecule is C=NCN(C)C(C)=O. The average molecular weight is 114 g/mol. The quantitative estimate of drug-likeness (QED) is 0.469. The van der Waals surface area contributed by atoms with E-state index in [1.807, 2.05) is 0 Å². The largest absolute Gasteiger partial charge is 0.326 e. The van der Waals surface area contributed by atoms with Crippen LogP contribution in [-0.4, -0.2) is 31.2 Å². The fourth-order valence-electron chi connectivity index (χ4n) is 0.250. The van der Waals surface area contributed by atoms with Crippen molar-refractivity contribution < 1.29 is 4.79 Å². The molecule has 0 rings (SSSR count). The van der Waals surface area contributed by atoms with Crippen molar-refractivity contribution in [2.24, 2.45) is 4.99 Å². The molecule has 0 aromatic carbocycles. The molecule has 0 unspecified atom stereocenters. The van der Waals surface area contributed by atoms with Crippen molar-refractivity contribution in [3.63, 3.8) is 0 Å². The summed E-state index contributed by atoms with van der Waals surface area (Å²) in [6.07, 6.45) is 0. The lowest BCUT2D eigenvalue weighted by Crippen LogP contribution is -2.23. The zero-order chi connectivity index (χ0) is 6.57. The number of nitrogens with zero attached hydrogens (tertiary/aromatic N) is 2. The molecule has 0 spiro atoms. The van der Waals surface area contributed by atoms with Gasteiger partial charge in [-0.05, 0) is 6.72 Å². The van der Waals surface area contributed by atoms with Gasteiger partial charge in [-0.15, -0.1) is 0 Å². The van der Waals surface area contributed by atoms with Gasteiger partial charge in [-0.2, -0.15) is 0 Å². The Morgan fingerprint density at radius 3 is 2.50 bits per heavy atom. The van der Waals surface area contributed by atoms with Crippen LogP contribution < -0.4 is 0 Å². The number of amides is 1. The second-order valence-electron chi connectivity index (χ2n) is 1.58. The van der Waals surface area contributed by atoms with Crippen LogP contribution in [0.4, 0.5) is 0 Å². The Balaban J connectivity index is 3.46. The molecule has 0 aromatic rings. The highest BCUT2D eigenvalue weighted by molar-refractivity contribution is 5.72. The first kappa shape index (κ1) is 7.14. The minimum Gasteiger partial charge on any atom is -0.326 e. The van der Waals surface area contributed by atoms with Crippen LogP contribution in [0.3, 0.4) is 0 Å². The Hall–Kier alpha value is -0.860. The van der Waals surface area contributed by atoms with E-state index in [0.29, 0.717) is 6.67 Å². The highest BCUT2D eigenvalue weighted by atomic mass is 16.2. The van der Waals surface area contributed by atoms with Crippen LogP contribution in [0, 0.1) is 0 Å². The lowest BCUT2D eigenvalue weighted by molar-refractivity contribution is -0.127. The van der Waals surface area contributed by atoms with Gasteiger partial charge in [0.05, 0.1) is 0 Å². The van der Waals surface area contributed by atoms with E-state index in [0.717, 1.165) is 0 Å². The molecule has 0 bridgehead atoms. The maximum atomic E-state index is 10.4. The van der Waals surface area contributed by atoms with E-state index in [4.69, 9.17) is 0 Å². The number of aliphatic imine (C=N–C) groups is 1.